The van der Waals surface area contributed by atoms with Gasteiger partial charge < -0.3 is 9.84 Å². The van der Waals surface area contributed by atoms with E-state index in [1.54, 1.807) is 4.90 Å². The maximum absolute atomic E-state index is 13.2. The highest BCUT2D eigenvalue weighted by molar-refractivity contribution is 5.70. The van der Waals surface area contributed by atoms with E-state index in [4.69, 9.17) is 9.84 Å². The fourth-order valence-electron chi connectivity index (χ4n) is 3.69. The van der Waals surface area contributed by atoms with Gasteiger partial charge in [-0.15, -0.1) is 0 Å². The SMILES string of the molecule is O=C(O)C1CCC(OC(N2CCCC2)N2CC(F)(F)C2)CC1. The lowest BCUT2D eigenvalue weighted by molar-refractivity contribution is -0.255. The Balaban J connectivity index is 1.55. The summed E-state index contributed by atoms with van der Waals surface area (Å²) in [6.07, 6.45) is 4.40. The third-order valence-corrected chi connectivity index (χ3v) is 4.97. The standard InChI is InChI=1S/C15H24F2N2O3/c16-15(17)9-19(10-15)14(18-7-1-2-8-18)22-12-5-3-11(4-6-12)13(20)21/h11-12,14H,1-10H2,(H,20,21). The van der Waals surface area contributed by atoms with Crippen LogP contribution in [0.25, 0.3) is 0 Å². The van der Waals surface area contributed by atoms with E-state index < -0.39 is 11.9 Å². The lowest BCUT2D eigenvalue weighted by Gasteiger charge is -2.47. The van der Waals surface area contributed by atoms with Gasteiger partial charge in [-0.1, -0.05) is 0 Å². The molecule has 126 valence electrons. The van der Waals surface area contributed by atoms with Gasteiger partial charge in [0.15, 0.2) is 6.35 Å². The highest BCUT2D eigenvalue weighted by Gasteiger charge is 2.49. The van der Waals surface area contributed by atoms with Crippen molar-refractivity contribution in [2.75, 3.05) is 26.2 Å². The minimum absolute atomic E-state index is 0.0181. The summed E-state index contributed by atoms with van der Waals surface area (Å²) in [4.78, 5) is 14.8. The van der Waals surface area contributed by atoms with Gasteiger partial charge in [-0.25, -0.2) is 8.78 Å². The Kier molecular flexibility index (Phi) is 4.66. The fourth-order valence-corrected chi connectivity index (χ4v) is 3.69. The second-order valence-electron chi connectivity index (χ2n) is 6.78. The molecule has 7 heteroatoms. The third kappa shape index (κ3) is 3.58. The van der Waals surface area contributed by atoms with Crippen LogP contribution in [0, 0.1) is 5.92 Å². The van der Waals surface area contributed by atoms with Crippen molar-refractivity contribution in [2.24, 2.45) is 5.92 Å². The quantitative estimate of drug-likeness (QED) is 0.840. The largest absolute Gasteiger partial charge is 0.481 e. The average molecular weight is 318 g/mol. The van der Waals surface area contributed by atoms with E-state index in [9.17, 15) is 13.6 Å². The summed E-state index contributed by atoms with van der Waals surface area (Å²) in [5.74, 6) is -3.61. The molecule has 0 radical (unpaired) electrons. The lowest BCUT2D eigenvalue weighted by atomic mass is 9.87. The smallest absolute Gasteiger partial charge is 0.306 e. The number of halogens is 2. The summed E-state index contributed by atoms with van der Waals surface area (Å²) in [5.41, 5.74) is 0. The van der Waals surface area contributed by atoms with Crippen molar-refractivity contribution in [3.63, 3.8) is 0 Å². The van der Waals surface area contributed by atoms with E-state index in [0.717, 1.165) is 25.9 Å². The van der Waals surface area contributed by atoms with Gasteiger partial charge >= 0.3 is 5.97 Å². The summed E-state index contributed by atoms with van der Waals surface area (Å²) in [6.45, 7) is 1.30. The van der Waals surface area contributed by atoms with Crippen LogP contribution in [0.1, 0.15) is 38.5 Å². The predicted molar refractivity (Wildman–Crippen MR) is 75.6 cm³/mol. The van der Waals surface area contributed by atoms with Crippen LogP contribution in [0.3, 0.4) is 0 Å². The minimum Gasteiger partial charge on any atom is -0.481 e. The molecular formula is C15H24F2N2O3. The van der Waals surface area contributed by atoms with Gasteiger partial charge in [-0.2, -0.15) is 0 Å². The first-order valence-electron chi connectivity index (χ1n) is 8.19. The molecular weight excluding hydrogens is 294 g/mol. The third-order valence-electron chi connectivity index (χ3n) is 4.97. The zero-order valence-electron chi connectivity index (χ0n) is 12.7. The van der Waals surface area contributed by atoms with Crippen molar-refractivity contribution in [3.05, 3.63) is 0 Å². The van der Waals surface area contributed by atoms with Gasteiger partial charge in [0.2, 0.25) is 0 Å². The number of likely N-dealkylation sites (tertiary alicyclic amines) is 2. The van der Waals surface area contributed by atoms with Crippen LogP contribution in [0.5, 0.6) is 0 Å². The summed E-state index contributed by atoms with van der Waals surface area (Å²) >= 11 is 0. The van der Waals surface area contributed by atoms with Crippen molar-refractivity contribution in [1.29, 1.82) is 0 Å². The second-order valence-corrected chi connectivity index (χ2v) is 6.78. The zero-order chi connectivity index (χ0) is 15.7. The van der Waals surface area contributed by atoms with Gasteiger partial charge in [0, 0.05) is 13.1 Å². The van der Waals surface area contributed by atoms with E-state index in [-0.39, 0.29) is 31.5 Å². The summed E-state index contributed by atoms with van der Waals surface area (Å²) in [7, 11) is 0. The minimum atomic E-state index is -2.59. The molecule has 0 aromatic carbocycles. The molecule has 1 aliphatic carbocycles. The number of carbonyl (C=O) groups is 1. The maximum Gasteiger partial charge on any atom is 0.306 e. The molecule has 1 N–H and O–H groups in total. The average Bonchev–Trinajstić information content (AvgIpc) is 2.96. The van der Waals surface area contributed by atoms with Crippen LogP contribution in [0.4, 0.5) is 8.78 Å². The van der Waals surface area contributed by atoms with Gasteiger partial charge in [0.25, 0.3) is 5.92 Å². The van der Waals surface area contributed by atoms with E-state index in [1.165, 1.54) is 0 Å². The maximum atomic E-state index is 13.2. The van der Waals surface area contributed by atoms with Crippen LogP contribution < -0.4 is 0 Å². The van der Waals surface area contributed by atoms with Crippen LogP contribution in [-0.4, -0.2) is 65.4 Å². The van der Waals surface area contributed by atoms with Crippen molar-refractivity contribution in [3.8, 4) is 0 Å². The number of carboxylic acid groups (broad SMARTS) is 1. The van der Waals surface area contributed by atoms with Crippen molar-refractivity contribution < 1.29 is 23.4 Å². The van der Waals surface area contributed by atoms with E-state index >= 15 is 0 Å². The lowest BCUT2D eigenvalue weighted by Crippen LogP contribution is -2.65. The Morgan fingerprint density at radius 3 is 2.18 bits per heavy atom. The monoisotopic (exact) mass is 318 g/mol. The first kappa shape index (κ1) is 16.1. The van der Waals surface area contributed by atoms with Gasteiger partial charge in [0.05, 0.1) is 25.1 Å². The first-order valence-corrected chi connectivity index (χ1v) is 8.19. The molecule has 3 aliphatic rings. The summed E-state index contributed by atoms with van der Waals surface area (Å²) in [5, 5.41) is 9.03. The second kappa shape index (κ2) is 6.37. The van der Waals surface area contributed by atoms with Gasteiger partial charge in [-0.3, -0.25) is 14.6 Å². The van der Waals surface area contributed by atoms with Crippen molar-refractivity contribution in [1.82, 2.24) is 9.80 Å². The molecule has 2 heterocycles. The normalized spacial score (nSPS) is 34.3. The Labute approximate surface area is 129 Å². The fraction of sp³-hybridized carbons (Fsp3) is 0.933. The predicted octanol–water partition coefficient (Wildman–Crippen LogP) is 1.98. The van der Waals surface area contributed by atoms with Gasteiger partial charge in [0.1, 0.15) is 0 Å². The van der Waals surface area contributed by atoms with E-state index in [2.05, 4.69) is 4.90 Å². The molecule has 0 bridgehead atoms. The number of hydrogen-bond donors (Lipinski definition) is 1. The topological polar surface area (TPSA) is 53.0 Å². The molecule has 0 aromatic rings. The van der Waals surface area contributed by atoms with E-state index in [0.29, 0.717) is 25.7 Å². The Hall–Kier alpha value is -0.790. The molecule has 1 saturated carbocycles. The van der Waals surface area contributed by atoms with Crippen molar-refractivity contribution in [2.45, 2.75) is 56.9 Å². The molecule has 0 spiro atoms. The zero-order valence-corrected chi connectivity index (χ0v) is 12.7. The number of ether oxygens (including phenoxy) is 1. The molecule has 2 saturated heterocycles. The molecule has 0 amide bonds. The summed E-state index contributed by atoms with van der Waals surface area (Å²) < 4.78 is 32.5. The van der Waals surface area contributed by atoms with E-state index in [1.807, 2.05) is 0 Å². The highest BCUT2D eigenvalue weighted by atomic mass is 19.3. The molecule has 2 aliphatic heterocycles. The number of nitrogens with zero attached hydrogens (tertiary/aromatic N) is 2. The molecule has 5 nitrogen and oxygen atoms in total. The molecule has 1 unspecified atom stereocenters. The Morgan fingerprint density at radius 1 is 1.09 bits per heavy atom. The molecule has 3 fully saturated rings. The number of aliphatic carboxylic acids is 1. The molecule has 3 rings (SSSR count). The van der Waals surface area contributed by atoms with Crippen LogP contribution >= 0.6 is 0 Å². The molecule has 22 heavy (non-hydrogen) atoms. The van der Waals surface area contributed by atoms with Crippen LogP contribution in [-0.2, 0) is 9.53 Å². The molecule has 1 atom stereocenters. The number of rotatable bonds is 5. The number of hydrogen-bond acceptors (Lipinski definition) is 4. The highest BCUT2D eigenvalue weighted by Crippen LogP contribution is 2.34. The van der Waals surface area contributed by atoms with Crippen molar-refractivity contribution >= 4 is 5.97 Å². The number of carboxylic acids is 1. The number of alkyl halides is 2. The molecule has 0 aromatic heterocycles. The van der Waals surface area contributed by atoms with Crippen LogP contribution in [0.15, 0.2) is 0 Å². The van der Waals surface area contributed by atoms with Gasteiger partial charge in [-0.05, 0) is 38.5 Å². The van der Waals surface area contributed by atoms with Crippen LogP contribution in [0.2, 0.25) is 0 Å². The summed E-state index contributed by atoms with van der Waals surface area (Å²) in [6, 6.07) is 0. The first-order chi connectivity index (χ1) is 10.4. The Morgan fingerprint density at radius 2 is 1.68 bits per heavy atom. The Bertz CT molecular complexity index is 400.